The molecule has 0 saturated carbocycles. The van der Waals surface area contributed by atoms with E-state index in [2.05, 4.69) is 29.7 Å². The number of unbranched alkanes of at least 4 members (excludes halogenated alkanes) is 1. The molecule has 4 heteroatoms. The van der Waals surface area contributed by atoms with E-state index < -0.39 is 5.60 Å². The first-order valence-electron chi connectivity index (χ1n) is 7.27. The lowest BCUT2D eigenvalue weighted by Gasteiger charge is -2.23. The Hall–Kier alpha value is -1.03. The highest BCUT2D eigenvalue weighted by Crippen LogP contribution is 2.15. The summed E-state index contributed by atoms with van der Waals surface area (Å²) in [5, 5.41) is 6.30. The van der Waals surface area contributed by atoms with Crippen molar-refractivity contribution in [3.05, 3.63) is 12.2 Å². The first-order chi connectivity index (χ1) is 8.92. The number of ether oxygens (including phenoxy) is 1. The highest BCUT2D eigenvalue weighted by Gasteiger charge is 2.28. The molecular formula is C15H28N2O2. The Bertz CT molecular complexity index is 308. The fourth-order valence-electron chi connectivity index (χ4n) is 2.16. The number of allylic oxidation sites excluding steroid dienone is 2. The van der Waals surface area contributed by atoms with Crippen LogP contribution in [-0.4, -0.2) is 30.8 Å². The van der Waals surface area contributed by atoms with Crippen molar-refractivity contribution in [2.24, 2.45) is 5.92 Å². The maximum Gasteiger partial charge on any atom is 0.407 e. The summed E-state index contributed by atoms with van der Waals surface area (Å²) in [4.78, 5) is 11.8. The molecule has 110 valence electrons. The van der Waals surface area contributed by atoms with Crippen LogP contribution in [0.4, 0.5) is 4.79 Å². The minimum Gasteiger partial charge on any atom is -0.444 e. The van der Waals surface area contributed by atoms with Crippen molar-refractivity contribution in [2.45, 2.75) is 58.6 Å². The van der Waals surface area contributed by atoms with Crippen molar-refractivity contribution in [3.63, 3.8) is 0 Å². The van der Waals surface area contributed by atoms with Crippen LogP contribution in [0.1, 0.15) is 47.0 Å². The van der Waals surface area contributed by atoms with Crippen LogP contribution in [0.2, 0.25) is 0 Å². The third kappa shape index (κ3) is 6.62. The molecule has 0 aromatic rings. The van der Waals surface area contributed by atoms with Gasteiger partial charge in [0.15, 0.2) is 0 Å². The Morgan fingerprint density at radius 1 is 1.37 bits per heavy atom. The van der Waals surface area contributed by atoms with E-state index in [0.29, 0.717) is 5.92 Å². The molecule has 1 aliphatic heterocycles. The standard InChI is InChI=1S/C15H28N2O2/c1-5-6-7-8-9-12-10-16-11-13(12)17-14(18)19-15(2,3)4/h7-8,12-13,16H,5-6,9-11H2,1-4H3,(H,17,18)/t12-,13+/m0/s1. The second-order valence-corrected chi connectivity index (χ2v) is 6.17. The lowest BCUT2D eigenvalue weighted by Crippen LogP contribution is -2.43. The predicted octanol–water partition coefficient (Wildman–Crippen LogP) is 2.85. The third-order valence-corrected chi connectivity index (χ3v) is 3.10. The summed E-state index contributed by atoms with van der Waals surface area (Å²) < 4.78 is 5.30. The van der Waals surface area contributed by atoms with E-state index in [1.807, 2.05) is 20.8 Å². The molecule has 0 bridgehead atoms. The lowest BCUT2D eigenvalue weighted by molar-refractivity contribution is 0.0497. The molecule has 1 aliphatic rings. The SMILES string of the molecule is CCCC=CC[C@H]1CNC[C@H]1NC(=O)OC(C)(C)C. The van der Waals surface area contributed by atoms with Gasteiger partial charge in [0, 0.05) is 19.1 Å². The van der Waals surface area contributed by atoms with Crippen LogP contribution in [0.5, 0.6) is 0 Å². The highest BCUT2D eigenvalue weighted by atomic mass is 16.6. The Kier molecular flexibility index (Phi) is 6.35. The summed E-state index contributed by atoms with van der Waals surface area (Å²) >= 11 is 0. The molecule has 0 aliphatic carbocycles. The molecule has 0 spiro atoms. The van der Waals surface area contributed by atoms with Crippen LogP contribution in [0.3, 0.4) is 0 Å². The summed E-state index contributed by atoms with van der Waals surface area (Å²) in [6.07, 6.45) is 7.45. The Morgan fingerprint density at radius 2 is 2.11 bits per heavy atom. The van der Waals surface area contributed by atoms with Gasteiger partial charge in [-0.25, -0.2) is 4.79 Å². The number of rotatable bonds is 5. The van der Waals surface area contributed by atoms with Gasteiger partial charge in [-0.05, 0) is 39.5 Å². The summed E-state index contributed by atoms with van der Waals surface area (Å²) in [7, 11) is 0. The first kappa shape index (κ1) is 16.0. The average molecular weight is 268 g/mol. The van der Waals surface area contributed by atoms with Gasteiger partial charge in [-0.15, -0.1) is 0 Å². The molecule has 2 N–H and O–H groups in total. The second kappa shape index (κ2) is 7.53. The molecule has 0 aromatic heterocycles. The number of nitrogens with one attached hydrogen (secondary N) is 2. The predicted molar refractivity (Wildman–Crippen MR) is 78.2 cm³/mol. The van der Waals surface area contributed by atoms with Crippen LogP contribution in [0.15, 0.2) is 12.2 Å². The molecule has 0 radical (unpaired) electrons. The Labute approximate surface area is 117 Å². The molecular weight excluding hydrogens is 240 g/mol. The smallest absolute Gasteiger partial charge is 0.407 e. The van der Waals surface area contributed by atoms with E-state index in [1.54, 1.807) is 0 Å². The second-order valence-electron chi connectivity index (χ2n) is 6.17. The van der Waals surface area contributed by atoms with Crippen LogP contribution < -0.4 is 10.6 Å². The van der Waals surface area contributed by atoms with E-state index >= 15 is 0 Å². The maximum absolute atomic E-state index is 11.8. The number of carbonyl (C=O) groups excluding carboxylic acids is 1. The molecule has 1 rings (SSSR count). The van der Waals surface area contributed by atoms with Crippen LogP contribution in [0, 0.1) is 5.92 Å². The molecule has 1 heterocycles. The molecule has 0 aromatic carbocycles. The molecule has 1 amide bonds. The van der Waals surface area contributed by atoms with Gasteiger partial charge in [0.05, 0.1) is 0 Å². The van der Waals surface area contributed by atoms with Crippen molar-refractivity contribution >= 4 is 6.09 Å². The summed E-state index contributed by atoms with van der Waals surface area (Å²) in [5.41, 5.74) is -0.438. The summed E-state index contributed by atoms with van der Waals surface area (Å²) in [6.45, 7) is 9.59. The topological polar surface area (TPSA) is 50.4 Å². The summed E-state index contributed by atoms with van der Waals surface area (Å²) in [6, 6.07) is 0.168. The van der Waals surface area contributed by atoms with E-state index in [-0.39, 0.29) is 12.1 Å². The van der Waals surface area contributed by atoms with Gasteiger partial charge in [0.2, 0.25) is 0 Å². The Morgan fingerprint density at radius 3 is 2.74 bits per heavy atom. The van der Waals surface area contributed by atoms with Crippen molar-refractivity contribution < 1.29 is 9.53 Å². The number of hydrogen-bond donors (Lipinski definition) is 2. The number of carbonyl (C=O) groups is 1. The quantitative estimate of drug-likeness (QED) is 0.754. The number of amides is 1. The molecule has 4 nitrogen and oxygen atoms in total. The average Bonchev–Trinajstić information content (AvgIpc) is 2.69. The van der Waals surface area contributed by atoms with Gasteiger partial charge in [0.25, 0.3) is 0 Å². The van der Waals surface area contributed by atoms with E-state index in [0.717, 1.165) is 25.9 Å². The van der Waals surface area contributed by atoms with Gasteiger partial charge in [-0.2, -0.15) is 0 Å². The van der Waals surface area contributed by atoms with Gasteiger partial charge < -0.3 is 15.4 Å². The van der Waals surface area contributed by atoms with Crippen LogP contribution in [-0.2, 0) is 4.74 Å². The van der Waals surface area contributed by atoms with Crippen molar-refractivity contribution in [2.75, 3.05) is 13.1 Å². The Balaban J connectivity index is 2.37. The summed E-state index contributed by atoms with van der Waals surface area (Å²) in [5.74, 6) is 0.459. The fourth-order valence-corrected chi connectivity index (χ4v) is 2.16. The van der Waals surface area contributed by atoms with Gasteiger partial charge in [-0.3, -0.25) is 0 Å². The molecule has 1 saturated heterocycles. The molecule has 19 heavy (non-hydrogen) atoms. The largest absolute Gasteiger partial charge is 0.444 e. The van der Waals surface area contributed by atoms with Crippen molar-refractivity contribution in [3.8, 4) is 0 Å². The normalized spacial score (nSPS) is 23.8. The number of alkyl carbamates (subject to hydrolysis) is 1. The van der Waals surface area contributed by atoms with Gasteiger partial charge >= 0.3 is 6.09 Å². The van der Waals surface area contributed by atoms with E-state index in [9.17, 15) is 4.79 Å². The zero-order valence-electron chi connectivity index (χ0n) is 12.7. The van der Waals surface area contributed by atoms with Crippen molar-refractivity contribution in [1.82, 2.24) is 10.6 Å². The maximum atomic E-state index is 11.8. The fraction of sp³-hybridized carbons (Fsp3) is 0.800. The monoisotopic (exact) mass is 268 g/mol. The van der Waals surface area contributed by atoms with E-state index in [1.165, 1.54) is 6.42 Å². The zero-order valence-corrected chi connectivity index (χ0v) is 12.7. The third-order valence-electron chi connectivity index (χ3n) is 3.10. The first-order valence-corrected chi connectivity index (χ1v) is 7.27. The lowest BCUT2D eigenvalue weighted by atomic mass is 9.99. The van der Waals surface area contributed by atoms with Crippen LogP contribution >= 0.6 is 0 Å². The van der Waals surface area contributed by atoms with Gasteiger partial charge in [-0.1, -0.05) is 25.5 Å². The van der Waals surface area contributed by atoms with Crippen molar-refractivity contribution in [1.29, 1.82) is 0 Å². The molecule has 2 atom stereocenters. The molecule has 1 fully saturated rings. The minimum atomic E-state index is -0.438. The number of hydrogen-bond acceptors (Lipinski definition) is 3. The zero-order chi connectivity index (χ0) is 14.3. The minimum absolute atomic E-state index is 0.168. The van der Waals surface area contributed by atoms with Crippen LogP contribution in [0.25, 0.3) is 0 Å². The highest BCUT2D eigenvalue weighted by molar-refractivity contribution is 5.68. The van der Waals surface area contributed by atoms with E-state index in [4.69, 9.17) is 4.74 Å². The van der Waals surface area contributed by atoms with Gasteiger partial charge in [0.1, 0.15) is 5.60 Å². The molecule has 0 unspecified atom stereocenters.